The van der Waals surface area contributed by atoms with Crippen LogP contribution in [0.5, 0.6) is 0 Å². The number of aryl methyl sites for hydroxylation is 1. The molecule has 0 aliphatic rings. The number of Topliss-reactive ketones (excluding diaryl/α,β-unsaturated/α-hetero) is 1. The monoisotopic (exact) mass is 345 g/mol. The third kappa shape index (κ3) is 3.62. The molecule has 1 heterocycles. The molecule has 0 saturated heterocycles. The lowest BCUT2D eigenvalue weighted by Gasteiger charge is -2.03. The average molecular weight is 345 g/mol. The fourth-order valence-corrected chi connectivity index (χ4v) is 4.04. The van der Waals surface area contributed by atoms with Crippen molar-refractivity contribution >= 4 is 38.1 Å². The number of carbonyl (C=O) groups excluding carboxylic acids is 1. The van der Waals surface area contributed by atoms with E-state index in [4.69, 9.17) is 0 Å². The minimum Gasteiger partial charge on any atom is -0.292 e. The molecule has 0 unspecified atom stereocenters. The lowest BCUT2D eigenvalue weighted by atomic mass is 10.0. The highest BCUT2D eigenvalue weighted by Gasteiger charge is 2.11. The second-order valence-corrected chi connectivity index (χ2v) is 7.33. The van der Waals surface area contributed by atoms with E-state index in [0.29, 0.717) is 11.4 Å². The Labute approximate surface area is 151 Å². The molecule has 0 bridgehead atoms. The minimum atomic E-state index is 0.166. The molecule has 0 aliphatic heterocycles. The second-order valence-electron chi connectivity index (χ2n) is 6.30. The van der Waals surface area contributed by atoms with Gasteiger partial charge in [0, 0.05) is 6.42 Å². The molecule has 3 aromatic carbocycles. The first kappa shape index (κ1) is 16.0. The minimum absolute atomic E-state index is 0.166. The van der Waals surface area contributed by atoms with E-state index < -0.39 is 0 Å². The van der Waals surface area contributed by atoms with Gasteiger partial charge in [0.05, 0.1) is 10.2 Å². The van der Waals surface area contributed by atoms with Gasteiger partial charge in [-0.15, -0.1) is 11.3 Å². The summed E-state index contributed by atoms with van der Waals surface area (Å²) in [6.07, 6.45) is 3.52. The Morgan fingerprint density at radius 2 is 1.68 bits per heavy atom. The number of aromatic nitrogens is 1. The van der Waals surface area contributed by atoms with Gasteiger partial charge in [0.2, 0.25) is 0 Å². The van der Waals surface area contributed by atoms with Gasteiger partial charge in [-0.3, -0.25) is 4.79 Å². The molecule has 25 heavy (non-hydrogen) atoms. The number of hydrogen-bond donors (Lipinski definition) is 0. The summed E-state index contributed by atoms with van der Waals surface area (Å²) in [5.41, 5.74) is 2.26. The zero-order chi connectivity index (χ0) is 17.1. The molecule has 1 aromatic heterocycles. The van der Waals surface area contributed by atoms with Crippen LogP contribution in [0, 0.1) is 0 Å². The van der Waals surface area contributed by atoms with Crippen molar-refractivity contribution in [1.82, 2.24) is 4.98 Å². The summed E-state index contributed by atoms with van der Waals surface area (Å²) in [7, 11) is 0. The standard InChI is InChI=1S/C22H19NOS/c24-20(22-23-19-10-4-6-12-21(19)25-22)11-5-1-7-16-13-14-17-8-2-3-9-18(17)15-16/h2-4,6,8-10,12-15H,1,5,7,11H2. The summed E-state index contributed by atoms with van der Waals surface area (Å²) >= 11 is 1.50. The lowest BCUT2D eigenvalue weighted by molar-refractivity contribution is 0.0979. The van der Waals surface area contributed by atoms with Crippen LogP contribution in [0.15, 0.2) is 66.7 Å². The van der Waals surface area contributed by atoms with Gasteiger partial charge in [0.15, 0.2) is 10.8 Å². The lowest BCUT2D eigenvalue weighted by Crippen LogP contribution is -1.98. The number of benzene rings is 3. The van der Waals surface area contributed by atoms with Gasteiger partial charge in [-0.05, 0) is 47.7 Å². The smallest absolute Gasteiger partial charge is 0.191 e. The van der Waals surface area contributed by atoms with E-state index in [1.54, 1.807) is 0 Å². The largest absolute Gasteiger partial charge is 0.292 e. The fourth-order valence-electron chi connectivity index (χ4n) is 3.11. The van der Waals surface area contributed by atoms with E-state index in [9.17, 15) is 4.79 Å². The van der Waals surface area contributed by atoms with Crippen LogP contribution in [0.3, 0.4) is 0 Å². The molecule has 2 nitrogen and oxygen atoms in total. The average Bonchev–Trinajstić information content (AvgIpc) is 3.09. The van der Waals surface area contributed by atoms with Crippen LogP contribution in [-0.4, -0.2) is 10.8 Å². The van der Waals surface area contributed by atoms with Crippen molar-refractivity contribution in [2.45, 2.75) is 25.7 Å². The second kappa shape index (κ2) is 7.16. The maximum atomic E-state index is 12.3. The Morgan fingerprint density at radius 3 is 2.56 bits per heavy atom. The van der Waals surface area contributed by atoms with Crippen LogP contribution in [-0.2, 0) is 6.42 Å². The SMILES string of the molecule is O=C(CCCCc1ccc2ccccc2c1)c1nc2ccccc2s1. The van der Waals surface area contributed by atoms with Crippen molar-refractivity contribution in [2.75, 3.05) is 0 Å². The number of para-hydroxylation sites is 1. The highest BCUT2D eigenvalue weighted by molar-refractivity contribution is 7.20. The van der Waals surface area contributed by atoms with Gasteiger partial charge < -0.3 is 0 Å². The Bertz CT molecular complexity index is 1000. The van der Waals surface area contributed by atoms with Crippen LogP contribution >= 0.6 is 11.3 Å². The van der Waals surface area contributed by atoms with Crippen molar-refractivity contribution in [1.29, 1.82) is 0 Å². The van der Waals surface area contributed by atoms with Crippen LogP contribution < -0.4 is 0 Å². The summed E-state index contributed by atoms with van der Waals surface area (Å²) in [6.45, 7) is 0. The van der Waals surface area contributed by atoms with E-state index in [1.807, 2.05) is 24.3 Å². The van der Waals surface area contributed by atoms with Gasteiger partial charge in [-0.2, -0.15) is 0 Å². The Balaban J connectivity index is 1.33. The Hall–Kier alpha value is -2.52. The number of fused-ring (bicyclic) bond motifs is 2. The number of nitrogens with zero attached hydrogens (tertiary/aromatic N) is 1. The van der Waals surface area contributed by atoms with Crippen LogP contribution in [0.1, 0.15) is 34.6 Å². The highest BCUT2D eigenvalue weighted by atomic mass is 32.1. The molecule has 0 radical (unpaired) electrons. The fraction of sp³-hybridized carbons (Fsp3) is 0.182. The van der Waals surface area contributed by atoms with E-state index in [2.05, 4.69) is 47.4 Å². The molecular formula is C22H19NOS. The zero-order valence-electron chi connectivity index (χ0n) is 13.9. The maximum absolute atomic E-state index is 12.3. The molecular weight excluding hydrogens is 326 g/mol. The van der Waals surface area contributed by atoms with Crippen molar-refractivity contribution in [3.05, 3.63) is 77.3 Å². The molecule has 0 aliphatic carbocycles. The van der Waals surface area contributed by atoms with Gasteiger partial charge in [0.25, 0.3) is 0 Å². The number of carbonyl (C=O) groups is 1. The van der Waals surface area contributed by atoms with E-state index in [-0.39, 0.29) is 5.78 Å². The molecule has 3 heteroatoms. The van der Waals surface area contributed by atoms with E-state index in [1.165, 1.54) is 27.7 Å². The van der Waals surface area contributed by atoms with Gasteiger partial charge in [0.1, 0.15) is 0 Å². The molecule has 0 N–H and O–H groups in total. The molecule has 0 fully saturated rings. The zero-order valence-corrected chi connectivity index (χ0v) is 14.8. The number of thiazole rings is 1. The van der Waals surface area contributed by atoms with Crippen molar-refractivity contribution in [2.24, 2.45) is 0 Å². The third-order valence-electron chi connectivity index (χ3n) is 4.47. The Morgan fingerprint density at radius 1 is 0.880 bits per heavy atom. The summed E-state index contributed by atoms with van der Waals surface area (Å²) in [4.78, 5) is 16.8. The maximum Gasteiger partial charge on any atom is 0.191 e. The molecule has 0 spiro atoms. The first-order valence-corrected chi connectivity index (χ1v) is 9.48. The number of ketones is 1. The highest BCUT2D eigenvalue weighted by Crippen LogP contribution is 2.23. The predicted molar refractivity (Wildman–Crippen MR) is 105 cm³/mol. The van der Waals surface area contributed by atoms with Crippen molar-refractivity contribution < 1.29 is 4.79 Å². The third-order valence-corrected chi connectivity index (χ3v) is 5.54. The number of rotatable bonds is 6. The van der Waals surface area contributed by atoms with Crippen molar-refractivity contribution in [3.8, 4) is 0 Å². The van der Waals surface area contributed by atoms with Crippen molar-refractivity contribution in [3.63, 3.8) is 0 Å². The van der Waals surface area contributed by atoms with E-state index >= 15 is 0 Å². The molecule has 124 valence electrons. The first-order valence-electron chi connectivity index (χ1n) is 8.66. The summed E-state index contributed by atoms with van der Waals surface area (Å²) < 4.78 is 1.09. The van der Waals surface area contributed by atoms with Gasteiger partial charge in [-0.25, -0.2) is 4.98 Å². The Kier molecular flexibility index (Phi) is 4.57. The summed E-state index contributed by atoms with van der Waals surface area (Å²) in [6, 6.07) is 23.0. The molecule has 0 amide bonds. The van der Waals surface area contributed by atoms with Gasteiger partial charge in [-0.1, -0.05) is 54.6 Å². The topological polar surface area (TPSA) is 30.0 Å². The van der Waals surface area contributed by atoms with E-state index in [0.717, 1.165) is 29.5 Å². The number of hydrogen-bond acceptors (Lipinski definition) is 3. The molecule has 4 rings (SSSR count). The molecule has 0 atom stereocenters. The van der Waals surface area contributed by atoms with Crippen LogP contribution in [0.4, 0.5) is 0 Å². The summed E-state index contributed by atoms with van der Waals surface area (Å²) in [5, 5.41) is 3.20. The molecule has 4 aromatic rings. The predicted octanol–water partition coefficient (Wildman–Crippen LogP) is 6.05. The first-order chi connectivity index (χ1) is 12.3. The van der Waals surface area contributed by atoms with Crippen LogP contribution in [0.2, 0.25) is 0 Å². The van der Waals surface area contributed by atoms with Gasteiger partial charge >= 0.3 is 0 Å². The summed E-state index contributed by atoms with van der Waals surface area (Å²) in [5.74, 6) is 0.166. The van der Waals surface area contributed by atoms with Crippen LogP contribution in [0.25, 0.3) is 21.0 Å². The normalized spacial score (nSPS) is 11.2. The molecule has 0 saturated carbocycles. The number of unbranched alkanes of at least 4 members (excludes halogenated alkanes) is 1. The quantitative estimate of drug-likeness (QED) is 0.315.